The molecule has 1 aliphatic carbocycles. The van der Waals surface area contributed by atoms with Gasteiger partial charge in [0.25, 0.3) is 0 Å². The minimum Gasteiger partial charge on any atom is -0.0885 e. The second-order valence-corrected chi connectivity index (χ2v) is 3.54. The van der Waals surface area contributed by atoms with E-state index in [1.807, 2.05) is 0 Å². The maximum atomic E-state index is 2.31. The number of rotatable bonds is 0. The molecule has 0 unspecified atom stereocenters. The summed E-state index contributed by atoms with van der Waals surface area (Å²) >= 11 is 0. The van der Waals surface area contributed by atoms with E-state index in [0.29, 0.717) is 0 Å². The van der Waals surface area contributed by atoms with Gasteiger partial charge in [0.15, 0.2) is 0 Å². The Hall–Kier alpha value is -1.04. The molecule has 0 aromatic heterocycles. The zero-order chi connectivity index (χ0) is 9.90. The molecule has 0 nitrogen and oxygen atoms in total. The van der Waals surface area contributed by atoms with Crippen LogP contribution in [0.4, 0.5) is 0 Å². The van der Waals surface area contributed by atoms with Gasteiger partial charge in [0.05, 0.1) is 0 Å². The molecule has 0 bridgehead atoms. The van der Waals surface area contributed by atoms with Crippen molar-refractivity contribution in [3.63, 3.8) is 0 Å². The molecule has 0 saturated heterocycles. The average molecular weight is 188 g/mol. The monoisotopic (exact) mass is 188 g/mol. The van der Waals surface area contributed by atoms with E-state index in [1.54, 1.807) is 0 Å². The van der Waals surface area contributed by atoms with E-state index in [-0.39, 0.29) is 0 Å². The summed E-state index contributed by atoms with van der Waals surface area (Å²) in [6, 6.07) is 0. The third-order valence-corrected chi connectivity index (χ3v) is 2.23. The summed E-state index contributed by atoms with van der Waals surface area (Å²) in [4.78, 5) is 0. The van der Waals surface area contributed by atoms with Crippen LogP contribution in [0.2, 0.25) is 0 Å². The van der Waals surface area contributed by atoms with Crippen LogP contribution < -0.4 is 0 Å². The molecule has 1 aliphatic rings. The summed E-state index contributed by atoms with van der Waals surface area (Å²) in [6.45, 7) is 0. The van der Waals surface area contributed by atoms with Gasteiger partial charge in [0, 0.05) is 0 Å². The Kier molecular flexibility index (Phi) is 6.74. The van der Waals surface area contributed by atoms with Gasteiger partial charge in [0.2, 0.25) is 0 Å². The Balaban J connectivity index is 2.35. The number of hydrogen-bond donors (Lipinski definition) is 0. The standard InChI is InChI=1S/C14H20/c1-2-4-6-8-10-12-14-13-11-9-7-5-3-1/h1-4,7,9-10,12H,5-6,8,11,13-14H2/b3-1?,4-2-,9-7+,12-10-. The summed E-state index contributed by atoms with van der Waals surface area (Å²) in [6.07, 6.45) is 25.0. The first-order chi connectivity index (χ1) is 7.00. The van der Waals surface area contributed by atoms with Crippen molar-refractivity contribution < 1.29 is 0 Å². The molecule has 76 valence electrons. The Morgan fingerprint density at radius 2 is 1.14 bits per heavy atom. The van der Waals surface area contributed by atoms with E-state index >= 15 is 0 Å². The Bertz CT molecular complexity index is 228. The maximum absolute atomic E-state index is 2.31. The minimum atomic E-state index is 1.07. The van der Waals surface area contributed by atoms with Crippen LogP contribution in [0.3, 0.4) is 0 Å². The molecule has 0 atom stereocenters. The van der Waals surface area contributed by atoms with Crippen molar-refractivity contribution in [1.82, 2.24) is 0 Å². The van der Waals surface area contributed by atoms with Gasteiger partial charge in [-0.1, -0.05) is 48.6 Å². The van der Waals surface area contributed by atoms with Gasteiger partial charge < -0.3 is 0 Å². The third kappa shape index (κ3) is 6.47. The topological polar surface area (TPSA) is 0 Å². The third-order valence-electron chi connectivity index (χ3n) is 2.23. The molecule has 0 spiro atoms. The van der Waals surface area contributed by atoms with E-state index in [0.717, 1.165) is 12.8 Å². The molecular formula is C14H20. The highest BCUT2D eigenvalue weighted by molar-refractivity contribution is 5.05. The average Bonchev–Trinajstić information content (AvgIpc) is 2.22. The lowest BCUT2D eigenvalue weighted by molar-refractivity contribution is 0.860. The molecule has 0 heteroatoms. The predicted molar refractivity (Wildman–Crippen MR) is 64.3 cm³/mol. The van der Waals surface area contributed by atoms with Crippen molar-refractivity contribution >= 4 is 0 Å². The fraction of sp³-hybridized carbons (Fsp3) is 0.429. The molecule has 0 aliphatic heterocycles. The van der Waals surface area contributed by atoms with Gasteiger partial charge in [-0.3, -0.25) is 0 Å². The zero-order valence-corrected chi connectivity index (χ0v) is 8.86. The lowest BCUT2D eigenvalue weighted by Crippen LogP contribution is -1.71. The smallest absolute Gasteiger partial charge is 0.0166 e. The SMILES string of the molecule is C1=CC/C=C/CCC/C=C\CC/C=C\1. The van der Waals surface area contributed by atoms with Crippen molar-refractivity contribution in [1.29, 1.82) is 0 Å². The van der Waals surface area contributed by atoms with Crippen LogP contribution in [0.5, 0.6) is 0 Å². The molecule has 0 N–H and O–H groups in total. The molecule has 1 rings (SSSR count). The second-order valence-electron chi connectivity index (χ2n) is 3.54. The minimum absolute atomic E-state index is 1.07. The van der Waals surface area contributed by atoms with Crippen LogP contribution >= 0.6 is 0 Å². The quantitative estimate of drug-likeness (QED) is 0.489. The molecule has 0 fully saturated rings. The van der Waals surface area contributed by atoms with Gasteiger partial charge in [0.1, 0.15) is 0 Å². The van der Waals surface area contributed by atoms with Crippen LogP contribution in [0.25, 0.3) is 0 Å². The zero-order valence-electron chi connectivity index (χ0n) is 8.86. The van der Waals surface area contributed by atoms with E-state index in [9.17, 15) is 0 Å². The van der Waals surface area contributed by atoms with Crippen LogP contribution in [-0.2, 0) is 0 Å². The van der Waals surface area contributed by atoms with Crippen molar-refractivity contribution in [2.24, 2.45) is 0 Å². The second kappa shape index (κ2) is 8.55. The van der Waals surface area contributed by atoms with Crippen LogP contribution in [0.1, 0.15) is 38.5 Å². The Labute approximate surface area is 87.7 Å². The van der Waals surface area contributed by atoms with E-state index in [4.69, 9.17) is 0 Å². The largest absolute Gasteiger partial charge is 0.0885 e. The van der Waals surface area contributed by atoms with E-state index in [2.05, 4.69) is 48.6 Å². The van der Waals surface area contributed by atoms with Gasteiger partial charge in [-0.25, -0.2) is 0 Å². The van der Waals surface area contributed by atoms with Gasteiger partial charge in [-0.2, -0.15) is 0 Å². The fourth-order valence-corrected chi connectivity index (χ4v) is 1.41. The van der Waals surface area contributed by atoms with Crippen molar-refractivity contribution in [3.05, 3.63) is 48.6 Å². The van der Waals surface area contributed by atoms with E-state index < -0.39 is 0 Å². The van der Waals surface area contributed by atoms with E-state index in [1.165, 1.54) is 25.7 Å². The molecule has 14 heavy (non-hydrogen) atoms. The van der Waals surface area contributed by atoms with Gasteiger partial charge in [-0.05, 0) is 38.5 Å². The lowest BCUT2D eigenvalue weighted by atomic mass is 10.2. The van der Waals surface area contributed by atoms with Crippen LogP contribution in [-0.4, -0.2) is 0 Å². The molecule has 0 radical (unpaired) electrons. The first-order valence-electron chi connectivity index (χ1n) is 5.62. The van der Waals surface area contributed by atoms with Crippen LogP contribution in [0.15, 0.2) is 48.6 Å². The van der Waals surface area contributed by atoms with Crippen molar-refractivity contribution in [2.75, 3.05) is 0 Å². The summed E-state index contributed by atoms with van der Waals surface area (Å²) in [5.74, 6) is 0. The summed E-state index contributed by atoms with van der Waals surface area (Å²) in [5, 5.41) is 0. The van der Waals surface area contributed by atoms with Crippen molar-refractivity contribution in [2.45, 2.75) is 38.5 Å². The molecule has 0 heterocycles. The maximum Gasteiger partial charge on any atom is -0.0166 e. The highest BCUT2D eigenvalue weighted by atomic mass is 13.9. The van der Waals surface area contributed by atoms with Crippen LogP contribution in [0, 0.1) is 0 Å². The van der Waals surface area contributed by atoms with Gasteiger partial charge in [-0.15, -0.1) is 0 Å². The van der Waals surface area contributed by atoms with Gasteiger partial charge >= 0.3 is 0 Å². The molecule has 0 saturated carbocycles. The number of hydrogen-bond acceptors (Lipinski definition) is 0. The Morgan fingerprint density at radius 3 is 2.07 bits per heavy atom. The molecule has 0 aromatic carbocycles. The fourth-order valence-electron chi connectivity index (χ4n) is 1.41. The molecule has 0 aromatic rings. The summed E-state index contributed by atoms with van der Waals surface area (Å²) < 4.78 is 0. The normalized spacial score (nSPS) is 26.3. The molecular weight excluding hydrogens is 168 g/mol. The highest BCUT2D eigenvalue weighted by Crippen LogP contribution is 2.02. The highest BCUT2D eigenvalue weighted by Gasteiger charge is 1.82. The molecule has 0 amide bonds. The summed E-state index contributed by atoms with van der Waals surface area (Å²) in [7, 11) is 0. The predicted octanol–water partition coefficient (Wildman–Crippen LogP) is 4.57. The Morgan fingerprint density at radius 1 is 0.500 bits per heavy atom. The number of allylic oxidation sites excluding steroid dienone is 8. The lowest BCUT2D eigenvalue weighted by Gasteiger charge is -1.91. The van der Waals surface area contributed by atoms with Crippen molar-refractivity contribution in [3.8, 4) is 0 Å². The first kappa shape index (κ1) is 11.0. The summed E-state index contributed by atoms with van der Waals surface area (Å²) in [5.41, 5.74) is 0. The first-order valence-corrected chi connectivity index (χ1v) is 5.62.